The number of hydrogen-bond donors (Lipinski definition) is 0. The first-order chi connectivity index (χ1) is 12.0. The topological polar surface area (TPSA) is 85.5 Å². The maximum Gasteiger partial charge on any atom is 0.276 e. The fourth-order valence-corrected chi connectivity index (χ4v) is 4.34. The van der Waals surface area contributed by atoms with Crippen molar-refractivity contribution >= 4 is 21.8 Å². The second-order valence-electron chi connectivity index (χ2n) is 5.04. The molecule has 0 saturated carbocycles. The third-order valence-corrected chi connectivity index (χ3v) is 6.32. The minimum Gasteiger partial charge on any atom is -0.411 e. The molecule has 0 N–H and O–H groups in total. The van der Waals surface area contributed by atoms with Crippen LogP contribution in [0, 0.1) is 0 Å². The molecular formula is C16H23N3O4S2. The first-order valence-corrected chi connectivity index (χ1v) is 10.6. The molecule has 0 spiro atoms. The average Bonchev–Trinajstić information content (AvgIpc) is 3.09. The van der Waals surface area contributed by atoms with Crippen LogP contribution in [0.4, 0.5) is 0 Å². The number of nitrogens with zero attached hydrogens (tertiary/aromatic N) is 3. The zero-order valence-electron chi connectivity index (χ0n) is 14.6. The van der Waals surface area contributed by atoms with Crippen molar-refractivity contribution in [3.8, 4) is 11.5 Å². The minimum absolute atomic E-state index is 0.220. The zero-order chi connectivity index (χ0) is 18.3. The zero-order valence-corrected chi connectivity index (χ0v) is 16.3. The van der Waals surface area contributed by atoms with E-state index in [2.05, 4.69) is 10.2 Å². The van der Waals surface area contributed by atoms with Crippen molar-refractivity contribution in [1.29, 1.82) is 0 Å². The Morgan fingerprint density at radius 2 is 1.96 bits per heavy atom. The molecule has 0 amide bonds. The summed E-state index contributed by atoms with van der Waals surface area (Å²) in [6, 6.07) is 6.57. The van der Waals surface area contributed by atoms with Crippen molar-refractivity contribution in [3.05, 3.63) is 24.3 Å². The highest BCUT2D eigenvalue weighted by molar-refractivity contribution is 7.99. The molecule has 138 valence electrons. The van der Waals surface area contributed by atoms with E-state index in [1.165, 1.54) is 16.1 Å². The molecule has 1 heterocycles. The second-order valence-corrected chi connectivity index (χ2v) is 8.02. The molecule has 0 aliphatic heterocycles. The third-order valence-electron chi connectivity index (χ3n) is 3.49. The lowest BCUT2D eigenvalue weighted by molar-refractivity contribution is 0.164. The van der Waals surface area contributed by atoms with Crippen molar-refractivity contribution in [3.63, 3.8) is 0 Å². The van der Waals surface area contributed by atoms with E-state index in [1.807, 2.05) is 20.8 Å². The van der Waals surface area contributed by atoms with E-state index in [1.54, 1.807) is 24.3 Å². The fraction of sp³-hybridized carbons (Fsp3) is 0.500. The lowest BCUT2D eigenvalue weighted by atomic mass is 10.2. The summed E-state index contributed by atoms with van der Waals surface area (Å²) in [6.45, 7) is 7.69. The Balaban J connectivity index is 2.18. The van der Waals surface area contributed by atoms with Crippen LogP contribution in [0.25, 0.3) is 11.5 Å². The van der Waals surface area contributed by atoms with Crippen LogP contribution in [0.1, 0.15) is 20.8 Å². The number of aromatic nitrogens is 2. The fourth-order valence-electron chi connectivity index (χ4n) is 2.22. The summed E-state index contributed by atoms with van der Waals surface area (Å²) in [6.07, 6.45) is 0. The Labute approximate surface area is 152 Å². The van der Waals surface area contributed by atoms with Crippen molar-refractivity contribution in [2.45, 2.75) is 30.9 Å². The van der Waals surface area contributed by atoms with Gasteiger partial charge in [0.1, 0.15) is 0 Å². The van der Waals surface area contributed by atoms with Crippen molar-refractivity contribution in [2.24, 2.45) is 0 Å². The number of rotatable bonds is 10. The Kier molecular flexibility index (Phi) is 7.42. The molecule has 7 nitrogen and oxygen atoms in total. The predicted octanol–water partition coefficient (Wildman–Crippen LogP) is 2.90. The normalized spacial score (nSPS) is 12.0. The Bertz CT molecular complexity index is 773. The minimum atomic E-state index is -3.52. The summed E-state index contributed by atoms with van der Waals surface area (Å²) in [5.74, 6) is 1.02. The van der Waals surface area contributed by atoms with Gasteiger partial charge >= 0.3 is 0 Å². The van der Waals surface area contributed by atoms with Crippen LogP contribution >= 0.6 is 11.8 Å². The van der Waals surface area contributed by atoms with Gasteiger partial charge in [-0.3, -0.25) is 0 Å². The molecule has 1 aromatic carbocycles. The molecule has 0 saturated heterocycles. The van der Waals surface area contributed by atoms with Gasteiger partial charge < -0.3 is 9.15 Å². The molecule has 0 aliphatic rings. The van der Waals surface area contributed by atoms with Gasteiger partial charge in [-0.2, -0.15) is 4.31 Å². The van der Waals surface area contributed by atoms with Crippen LogP contribution in [-0.2, 0) is 14.8 Å². The molecule has 0 bridgehead atoms. The summed E-state index contributed by atoms with van der Waals surface area (Å²) < 4.78 is 37.5. The van der Waals surface area contributed by atoms with Gasteiger partial charge in [-0.1, -0.05) is 31.7 Å². The molecule has 0 atom stereocenters. The van der Waals surface area contributed by atoms with Gasteiger partial charge in [-0.05, 0) is 25.1 Å². The summed E-state index contributed by atoms with van der Waals surface area (Å²) in [7, 11) is -3.52. The Morgan fingerprint density at radius 1 is 1.20 bits per heavy atom. The predicted molar refractivity (Wildman–Crippen MR) is 97.1 cm³/mol. The number of hydrogen-bond acceptors (Lipinski definition) is 7. The summed E-state index contributed by atoms with van der Waals surface area (Å²) in [5.41, 5.74) is 0.581. The molecule has 0 radical (unpaired) electrons. The van der Waals surface area contributed by atoms with E-state index >= 15 is 0 Å². The molecule has 0 aliphatic carbocycles. The van der Waals surface area contributed by atoms with E-state index < -0.39 is 10.0 Å². The van der Waals surface area contributed by atoms with E-state index in [0.29, 0.717) is 48.7 Å². The van der Waals surface area contributed by atoms with Crippen LogP contribution in [0.2, 0.25) is 0 Å². The molecule has 2 rings (SSSR count). The largest absolute Gasteiger partial charge is 0.411 e. The van der Waals surface area contributed by atoms with Crippen LogP contribution in [0.15, 0.2) is 38.8 Å². The van der Waals surface area contributed by atoms with Crippen LogP contribution in [-0.4, -0.2) is 55.0 Å². The molecule has 25 heavy (non-hydrogen) atoms. The van der Waals surface area contributed by atoms with Crippen molar-refractivity contribution in [1.82, 2.24) is 14.5 Å². The standard InChI is InChI=1S/C16H23N3O4S2/c1-4-19(5-2)25(20,21)14-9-7-8-13(12-14)15-17-18-16(23-15)24-11-10-22-6-3/h7-9,12H,4-6,10-11H2,1-3H3. The highest BCUT2D eigenvalue weighted by Gasteiger charge is 2.22. The summed E-state index contributed by atoms with van der Waals surface area (Å²) in [5, 5.41) is 8.42. The second kappa shape index (κ2) is 9.33. The van der Waals surface area contributed by atoms with E-state index in [-0.39, 0.29) is 4.90 Å². The quantitative estimate of drug-likeness (QED) is 0.459. The highest BCUT2D eigenvalue weighted by Crippen LogP contribution is 2.26. The molecule has 2 aromatic rings. The van der Waals surface area contributed by atoms with Crippen LogP contribution in [0.3, 0.4) is 0 Å². The van der Waals surface area contributed by atoms with Gasteiger partial charge in [0.2, 0.25) is 15.9 Å². The third kappa shape index (κ3) is 5.04. The van der Waals surface area contributed by atoms with E-state index in [0.717, 1.165) is 0 Å². The smallest absolute Gasteiger partial charge is 0.276 e. The van der Waals surface area contributed by atoms with Crippen LogP contribution in [0.5, 0.6) is 0 Å². The van der Waals surface area contributed by atoms with Crippen molar-refractivity contribution < 1.29 is 17.6 Å². The van der Waals surface area contributed by atoms with Gasteiger partial charge in [0.05, 0.1) is 11.5 Å². The summed E-state index contributed by atoms with van der Waals surface area (Å²) >= 11 is 1.41. The Hall–Kier alpha value is -1.42. The number of sulfonamides is 1. The van der Waals surface area contributed by atoms with Crippen molar-refractivity contribution in [2.75, 3.05) is 32.1 Å². The van der Waals surface area contributed by atoms with Gasteiger partial charge in [0, 0.05) is 31.0 Å². The van der Waals surface area contributed by atoms with Gasteiger partial charge in [-0.25, -0.2) is 8.42 Å². The van der Waals surface area contributed by atoms with Gasteiger partial charge in [0.25, 0.3) is 5.22 Å². The molecule has 0 fully saturated rings. The first kappa shape index (κ1) is 19.9. The molecular weight excluding hydrogens is 362 g/mol. The Morgan fingerprint density at radius 3 is 2.64 bits per heavy atom. The molecule has 0 unspecified atom stereocenters. The highest BCUT2D eigenvalue weighted by atomic mass is 32.2. The maximum atomic E-state index is 12.6. The average molecular weight is 386 g/mol. The van der Waals surface area contributed by atoms with E-state index in [9.17, 15) is 8.42 Å². The number of thioether (sulfide) groups is 1. The maximum absolute atomic E-state index is 12.6. The number of ether oxygens (including phenoxy) is 1. The lowest BCUT2D eigenvalue weighted by Crippen LogP contribution is -2.30. The van der Waals surface area contributed by atoms with Crippen LogP contribution < -0.4 is 0 Å². The molecule has 1 aromatic heterocycles. The van der Waals surface area contributed by atoms with E-state index in [4.69, 9.17) is 9.15 Å². The number of benzene rings is 1. The van der Waals surface area contributed by atoms with Gasteiger partial charge in [0.15, 0.2) is 0 Å². The monoisotopic (exact) mass is 385 g/mol. The first-order valence-electron chi connectivity index (χ1n) is 8.17. The van der Waals surface area contributed by atoms with Gasteiger partial charge in [-0.15, -0.1) is 10.2 Å². The lowest BCUT2D eigenvalue weighted by Gasteiger charge is -2.18. The summed E-state index contributed by atoms with van der Waals surface area (Å²) in [4.78, 5) is 0.220. The molecule has 9 heteroatoms. The SMILES string of the molecule is CCOCCSc1nnc(-c2cccc(S(=O)(=O)N(CC)CC)c2)o1.